The molecule has 0 bridgehead atoms. The highest BCUT2D eigenvalue weighted by molar-refractivity contribution is 7.89. The van der Waals surface area contributed by atoms with Crippen molar-refractivity contribution in [1.29, 1.82) is 5.26 Å². The van der Waals surface area contributed by atoms with Gasteiger partial charge in [-0.05, 0) is 25.1 Å². The van der Waals surface area contributed by atoms with E-state index in [1.165, 1.54) is 29.5 Å². The molecule has 0 fully saturated rings. The first-order chi connectivity index (χ1) is 9.42. The molecular formula is C12H12N4O2S2. The summed E-state index contributed by atoms with van der Waals surface area (Å²) in [5, 5.41) is 9.85. The summed E-state index contributed by atoms with van der Waals surface area (Å²) >= 11 is 1.41. The van der Waals surface area contributed by atoms with Crippen LogP contribution in [-0.2, 0) is 16.6 Å². The molecule has 6 nitrogen and oxygen atoms in total. The lowest BCUT2D eigenvalue weighted by Gasteiger charge is -2.07. The Labute approximate surface area is 120 Å². The number of aryl methyl sites for hydroxylation is 1. The first kappa shape index (κ1) is 14.5. The zero-order valence-corrected chi connectivity index (χ0v) is 12.3. The van der Waals surface area contributed by atoms with Gasteiger partial charge in [0.2, 0.25) is 10.0 Å². The summed E-state index contributed by atoms with van der Waals surface area (Å²) in [7, 11) is -3.76. The average Bonchev–Trinajstić information content (AvgIpc) is 2.82. The number of aromatic nitrogens is 1. The second-order valence-electron chi connectivity index (χ2n) is 4.04. The lowest BCUT2D eigenvalue weighted by molar-refractivity contribution is 0.581. The number of sulfonamides is 1. The number of hydrogen-bond donors (Lipinski definition) is 2. The standard InChI is InChI=1S/C12H12N4O2S2/c1-8-15-6-11(19-8)7-16-20(17,18)12-3-2-10(14)4-9(12)5-13/h2-4,6,16H,7,14H2,1H3. The van der Waals surface area contributed by atoms with E-state index in [2.05, 4.69) is 9.71 Å². The van der Waals surface area contributed by atoms with Gasteiger partial charge in [0.15, 0.2) is 0 Å². The van der Waals surface area contributed by atoms with Crippen LogP contribution in [0.25, 0.3) is 0 Å². The Morgan fingerprint density at radius 2 is 2.25 bits per heavy atom. The molecule has 0 aliphatic rings. The van der Waals surface area contributed by atoms with Crippen molar-refractivity contribution in [2.24, 2.45) is 0 Å². The summed E-state index contributed by atoms with van der Waals surface area (Å²) in [5.74, 6) is 0. The SMILES string of the molecule is Cc1ncc(CNS(=O)(=O)c2ccc(N)cc2C#N)s1. The number of nitrogen functional groups attached to an aromatic ring is 1. The zero-order chi connectivity index (χ0) is 14.8. The van der Waals surface area contributed by atoms with E-state index >= 15 is 0 Å². The predicted molar refractivity (Wildman–Crippen MR) is 76.4 cm³/mol. The average molecular weight is 308 g/mol. The summed E-state index contributed by atoms with van der Waals surface area (Å²) in [6, 6.07) is 5.95. The number of nitriles is 1. The molecule has 20 heavy (non-hydrogen) atoms. The van der Waals surface area contributed by atoms with Gasteiger partial charge in [0.25, 0.3) is 0 Å². The van der Waals surface area contributed by atoms with Crippen LogP contribution >= 0.6 is 11.3 Å². The molecule has 0 atom stereocenters. The number of nitrogens with two attached hydrogens (primary N) is 1. The summed E-state index contributed by atoms with van der Waals surface area (Å²) in [4.78, 5) is 4.78. The fourth-order valence-corrected chi connectivity index (χ4v) is 3.57. The monoisotopic (exact) mass is 308 g/mol. The molecule has 0 aliphatic carbocycles. The molecule has 3 N–H and O–H groups in total. The van der Waals surface area contributed by atoms with Crippen LogP contribution in [0.4, 0.5) is 5.69 Å². The van der Waals surface area contributed by atoms with Crippen LogP contribution in [0.1, 0.15) is 15.4 Å². The van der Waals surface area contributed by atoms with Gasteiger partial charge in [-0.3, -0.25) is 0 Å². The van der Waals surface area contributed by atoms with Crippen LogP contribution in [0.3, 0.4) is 0 Å². The van der Waals surface area contributed by atoms with Crippen molar-refractivity contribution in [3.05, 3.63) is 39.8 Å². The third-order valence-corrected chi connectivity index (χ3v) is 4.89. The Kier molecular flexibility index (Phi) is 4.04. The summed E-state index contributed by atoms with van der Waals surface area (Å²) < 4.78 is 26.8. The Balaban J connectivity index is 2.25. The topological polar surface area (TPSA) is 109 Å². The molecular weight excluding hydrogens is 296 g/mol. The van der Waals surface area contributed by atoms with Crippen LogP contribution in [-0.4, -0.2) is 13.4 Å². The maximum Gasteiger partial charge on any atom is 0.242 e. The maximum atomic E-state index is 12.2. The molecule has 2 rings (SSSR count). The molecule has 0 aliphatic heterocycles. The van der Waals surface area contributed by atoms with Gasteiger partial charge in [-0.2, -0.15) is 5.26 Å². The molecule has 0 saturated heterocycles. The number of thiazole rings is 1. The lowest BCUT2D eigenvalue weighted by Crippen LogP contribution is -2.23. The molecule has 1 aromatic carbocycles. The minimum absolute atomic E-state index is 0.0259. The van der Waals surface area contributed by atoms with Crippen molar-refractivity contribution >= 4 is 27.0 Å². The van der Waals surface area contributed by atoms with Gasteiger partial charge < -0.3 is 5.73 Å². The minimum Gasteiger partial charge on any atom is -0.399 e. The molecule has 0 radical (unpaired) electrons. The van der Waals surface area contributed by atoms with Crippen molar-refractivity contribution in [2.45, 2.75) is 18.4 Å². The minimum atomic E-state index is -3.76. The van der Waals surface area contributed by atoms with E-state index in [9.17, 15) is 8.42 Å². The Bertz CT molecular complexity index is 775. The third kappa shape index (κ3) is 3.14. The van der Waals surface area contributed by atoms with Crippen LogP contribution < -0.4 is 10.5 Å². The molecule has 0 spiro atoms. The molecule has 2 aromatic rings. The van der Waals surface area contributed by atoms with Crippen molar-refractivity contribution < 1.29 is 8.42 Å². The van der Waals surface area contributed by atoms with Crippen LogP contribution in [0.2, 0.25) is 0 Å². The first-order valence-corrected chi connectivity index (χ1v) is 7.93. The fraction of sp³-hybridized carbons (Fsp3) is 0.167. The second-order valence-corrected chi connectivity index (χ2v) is 7.09. The molecule has 0 saturated carbocycles. The number of anilines is 1. The number of hydrogen-bond acceptors (Lipinski definition) is 6. The van der Waals surface area contributed by atoms with Crippen LogP contribution in [0, 0.1) is 18.3 Å². The molecule has 1 aromatic heterocycles. The maximum absolute atomic E-state index is 12.2. The second kappa shape index (κ2) is 5.58. The summed E-state index contributed by atoms with van der Waals surface area (Å²) in [5.41, 5.74) is 5.91. The fourth-order valence-electron chi connectivity index (χ4n) is 1.60. The van der Waals surface area contributed by atoms with Gasteiger partial charge in [0.05, 0.1) is 15.5 Å². The van der Waals surface area contributed by atoms with E-state index in [1.807, 2.05) is 13.0 Å². The molecule has 104 valence electrons. The first-order valence-electron chi connectivity index (χ1n) is 5.63. The largest absolute Gasteiger partial charge is 0.399 e. The van der Waals surface area contributed by atoms with E-state index in [0.29, 0.717) is 5.69 Å². The Hall–Kier alpha value is -1.95. The number of rotatable bonds is 4. The summed E-state index contributed by atoms with van der Waals surface area (Å²) in [6.45, 7) is 1.99. The van der Waals surface area contributed by atoms with E-state index in [-0.39, 0.29) is 17.0 Å². The van der Waals surface area contributed by atoms with Crippen molar-refractivity contribution in [1.82, 2.24) is 9.71 Å². The van der Waals surface area contributed by atoms with E-state index in [1.54, 1.807) is 6.20 Å². The zero-order valence-electron chi connectivity index (χ0n) is 10.6. The van der Waals surface area contributed by atoms with Crippen LogP contribution in [0.15, 0.2) is 29.3 Å². The van der Waals surface area contributed by atoms with E-state index in [4.69, 9.17) is 11.0 Å². The van der Waals surface area contributed by atoms with Crippen molar-refractivity contribution in [2.75, 3.05) is 5.73 Å². The molecule has 0 unspecified atom stereocenters. The number of nitrogens with one attached hydrogen (secondary N) is 1. The van der Waals surface area contributed by atoms with Crippen LogP contribution in [0.5, 0.6) is 0 Å². The highest BCUT2D eigenvalue weighted by Gasteiger charge is 2.18. The molecule has 8 heteroatoms. The van der Waals surface area contributed by atoms with Gasteiger partial charge in [-0.25, -0.2) is 18.1 Å². The normalized spacial score (nSPS) is 11.2. The predicted octanol–water partition coefficient (Wildman–Crippen LogP) is 1.38. The Morgan fingerprint density at radius 1 is 1.50 bits per heavy atom. The highest BCUT2D eigenvalue weighted by atomic mass is 32.2. The number of benzene rings is 1. The van der Waals surface area contributed by atoms with Gasteiger partial charge in [-0.15, -0.1) is 11.3 Å². The van der Waals surface area contributed by atoms with Gasteiger partial charge in [0, 0.05) is 23.3 Å². The quantitative estimate of drug-likeness (QED) is 0.829. The lowest BCUT2D eigenvalue weighted by atomic mass is 10.2. The molecule has 1 heterocycles. The van der Waals surface area contributed by atoms with Crippen molar-refractivity contribution in [3.63, 3.8) is 0 Å². The van der Waals surface area contributed by atoms with E-state index < -0.39 is 10.0 Å². The third-order valence-electron chi connectivity index (χ3n) is 2.52. The summed E-state index contributed by atoms with van der Waals surface area (Å²) in [6.07, 6.45) is 1.62. The highest BCUT2D eigenvalue weighted by Crippen LogP contribution is 2.19. The molecule has 0 amide bonds. The van der Waals surface area contributed by atoms with Gasteiger partial charge in [0.1, 0.15) is 6.07 Å². The van der Waals surface area contributed by atoms with E-state index in [0.717, 1.165) is 9.88 Å². The Morgan fingerprint density at radius 3 is 2.85 bits per heavy atom. The smallest absolute Gasteiger partial charge is 0.242 e. The van der Waals surface area contributed by atoms with Crippen molar-refractivity contribution in [3.8, 4) is 6.07 Å². The number of nitrogens with zero attached hydrogens (tertiary/aromatic N) is 2. The van der Waals surface area contributed by atoms with Gasteiger partial charge in [-0.1, -0.05) is 0 Å². The van der Waals surface area contributed by atoms with Gasteiger partial charge >= 0.3 is 0 Å².